The van der Waals surface area contributed by atoms with Crippen LogP contribution in [-0.4, -0.2) is 49.0 Å². The summed E-state index contributed by atoms with van der Waals surface area (Å²) in [6.07, 6.45) is 0.399. The summed E-state index contributed by atoms with van der Waals surface area (Å²) in [5.74, 6) is 0.564. The summed E-state index contributed by atoms with van der Waals surface area (Å²) in [5, 5.41) is 30.5. The number of urea groups is 1. The van der Waals surface area contributed by atoms with E-state index in [1.165, 1.54) is 29.8 Å². The molecule has 11 nitrogen and oxygen atoms in total. The van der Waals surface area contributed by atoms with Gasteiger partial charge in [-0.05, 0) is 18.2 Å². The summed E-state index contributed by atoms with van der Waals surface area (Å²) in [6.45, 7) is 0.706. The van der Waals surface area contributed by atoms with Gasteiger partial charge in [0, 0.05) is 29.7 Å². The molecule has 4 N–H and O–H groups in total. The van der Waals surface area contributed by atoms with Gasteiger partial charge in [-0.3, -0.25) is 10.00 Å². The van der Waals surface area contributed by atoms with Gasteiger partial charge >= 0.3 is 12.2 Å². The third-order valence-corrected chi connectivity index (χ3v) is 5.85. The Morgan fingerprint density at radius 2 is 2.03 bits per heavy atom. The molecule has 0 bridgehead atoms. The van der Waals surface area contributed by atoms with E-state index in [1.807, 2.05) is 0 Å². The molecule has 3 aromatic heterocycles. The molecule has 0 radical (unpaired) electrons. The fourth-order valence-corrected chi connectivity index (χ4v) is 4.12. The summed E-state index contributed by atoms with van der Waals surface area (Å²) in [7, 11) is 0. The van der Waals surface area contributed by atoms with Crippen LogP contribution in [-0.2, 0) is 19.1 Å². The Labute approximate surface area is 205 Å². The van der Waals surface area contributed by atoms with Crippen molar-refractivity contribution in [3.63, 3.8) is 0 Å². The number of hydrogen-bond acceptors (Lipinski definition) is 9. The number of nitrogens with zero attached hydrogens (tertiary/aromatic N) is 6. The number of hydrogen-bond donors (Lipinski definition) is 4. The Morgan fingerprint density at radius 1 is 1.19 bits per heavy atom. The molecule has 0 aliphatic carbocycles. The molecule has 0 aliphatic rings. The van der Waals surface area contributed by atoms with Crippen LogP contribution in [0, 0.1) is 11.3 Å². The van der Waals surface area contributed by atoms with Crippen LogP contribution in [0.15, 0.2) is 36.9 Å². The number of fused-ring (bicyclic) bond motifs is 1. The standard InChI is InChI=1S/C21H18F3N9O2S/c22-21(23,24)15-7-13(2-1-12(15)8-25)31-19(35)32-20-27-9-14(36-20)3-4-26-18-17-16(28-11-29-18)10-30-33(17)5-6-34/h1-2,7,9-11,34H,3-6H2,(H,26,28,29)(H2,27,31,32,35). The first-order chi connectivity index (χ1) is 17.3. The summed E-state index contributed by atoms with van der Waals surface area (Å²) in [4.78, 5) is 25.6. The molecule has 0 aliphatic heterocycles. The Hall–Kier alpha value is -4.29. The molecule has 0 unspecified atom stereocenters. The van der Waals surface area contributed by atoms with E-state index in [2.05, 4.69) is 36.0 Å². The highest BCUT2D eigenvalue weighted by Crippen LogP contribution is 2.33. The van der Waals surface area contributed by atoms with Crippen molar-refractivity contribution in [2.75, 3.05) is 29.1 Å². The van der Waals surface area contributed by atoms with E-state index in [0.717, 1.165) is 10.9 Å². The lowest BCUT2D eigenvalue weighted by molar-refractivity contribution is -0.137. The number of halogens is 3. The second kappa shape index (κ2) is 10.5. The van der Waals surface area contributed by atoms with E-state index in [9.17, 15) is 23.1 Å². The Balaban J connectivity index is 1.34. The number of carbonyl (C=O) groups excluding carboxylic acids is 1. The maximum absolute atomic E-state index is 13.1. The lowest BCUT2D eigenvalue weighted by atomic mass is 10.1. The van der Waals surface area contributed by atoms with Crippen LogP contribution in [0.25, 0.3) is 11.0 Å². The van der Waals surface area contributed by atoms with Crippen LogP contribution in [0.3, 0.4) is 0 Å². The van der Waals surface area contributed by atoms with Gasteiger partial charge in [-0.1, -0.05) is 0 Å². The first-order valence-corrected chi connectivity index (χ1v) is 11.3. The first kappa shape index (κ1) is 24.8. The maximum Gasteiger partial charge on any atom is 0.417 e. The summed E-state index contributed by atoms with van der Waals surface area (Å²) < 4.78 is 40.9. The molecule has 4 aromatic rings. The predicted octanol–water partition coefficient (Wildman–Crippen LogP) is 3.46. The van der Waals surface area contributed by atoms with E-state index < -0.39 is 23.3 Å². The molecule has 2 amide bonds. The van der Waals surface area contributed by atoms with Crippen molar-refractivity contribution in [3.8, 4) is 6.07 Å². The predicted molar refractivity (Wildman–Crippen MR) is 126 cm³/mol. The average molecular weight is 517 g/mol. The fourth-order valence-electron chi connectivity index (χ4n) is 3.32. The largest absolute Gasteiger partial charge is 0.417 e. The van der Waals surface area contributed by atoms with E-state index in [-0.39, 0.29) is 17.4 Å². The number of amides is 2. The number of carbonyl (C=O) groups is 1. The monoisotopic (exact) mass is 517 g/mol. The molecule has 15 heteroatoms. The number of rotatable bonds is 8. The number of thiazole rings is 1. The zero-order valence-corrected chi connectivity index (χ0v) is 19.2. The highest BCUT2D eigenvalue weighted by Gasteiger charge is 2.34. The Bertz CT molecular complexity index is 1430. The number of aromatic nitrogens is 5. The van der Waals surface area contributed by atoms with Gasteiger partial charge in [0.2, 0.25) is 0 Å². The average Bonchev–Trinajstić information content (AvgIpc) is 3.46. The molecule has 0 saturated heterocycles. The summed E-state index contributed by atoms with van der Waals surface area (Å²) in [5.41, 5.74) is -0.469. The molecule has 1 aromatic carbocycles. The first-order valence-electron chi connectivity index (χ1n) is 10.4. The highest BCUT2D eigenvalue weighted by atomic mass is 32.1. The van der Waals surface area contributed by atoms with Gasteiger partial charge in [-0.2, -0.15) is 23.5 Å². The Morgan fingerprint density at radius 3 is 2.78 bits per heavy atom. The molecule has 186 valence electrons. The number of nitriles is 1. The molecule has 0 spiro atoms. The molecule has 0 fully saturated rings. The van der Waals surface area contributed by atoms with Gasteiger partial charge in [-0.25, -0.2) is 19.7 Å². The van der Waals surface area contributed by atoms with Gasteiger partial charge in [0.05, 0.1) is 36.5 Å². The molecule has 0 saturated carbocycles. The number of anilines is 3. The zero-order valence-electron chi connectivity index (χ0n) is 18.4. The van der Waals surface area contributed by atoms with Crippen molar-refractivity contribution in [2.45, 2.75) is 19.1 Å². The van der Waals surface area contributed by atoms with Crippen molar-refractivity contribution < 1.29 is 23.1 Å². The lowest BCUT2D eigenvalue weighted by Crippen LogP contribution is -2.20. The minimum atomic E-state index is -4.73. The number of alkyl halides is 3. The van der Waals surface area contributed by atoms with Crippen molar-refractivity contribution in [1.29, 1.82) is 5.26 Å². The van der Waals surface area contributed by atoms with E-state index >= 15 is 0 Å². The van der Waals surface area contributed by atoms with Gasteiger partial charge in [0.1, 0.15) is 17.4 Å². The van der Waals surface area contributed by atoms with Gasteiger partial charge in [-0.15, -0.1) is 11.3 Å². The summed E-state index contributed by atoms with van der Waals surface area (Å²) in [6, 6.07) is 3.62. The van der Waals surface area contributed by atoms with Crippen molar-refractivity contribution >= 4 is 45.0 Å². The van der Waals surface area contributed by atoms with Crippen LogP contribution in [0.5, 0.6) is 0 Å². The third-order valence-electron chi connectivity index (χ3n) is 4.88. The normalized spacial score (nSPS) is 11.3. The smallest absolute Gasteiger partial charge is 0.394 e. The second-order valence-electron chi connectivity index (χ2n) is 7.30. The van der Waals surface area contributed by atoms with Gasteiger partial charge in [0.15, 0.2) is 10.9 Å². The quantitative estimate of drug-likeness (QED) is 0.277. The molecule has 4 rings (SSSR count). The molecule has 36 heavy (non-hydrogen) atoms. The number of benzene rings is 1. The maximum atomic E-state index is 13.1. The van der Waals surface area contributed by atoms with Crippen molar-refractivity contribution in [1.82, 2.24) is 24.7 Å². The van der Waals surface area contributed by atoms with Crippen LogP contribution in [0.1, 0.15) is 16.0 Å². The van der Waals surface area contributed by atoms with Crippen LogP contribution in [0.4, 0.5) is 34.6 Å². The van der Waals surface area contributed by atoms with Crippen LogP contribution < -0.4 is 16.0 Å². The van der Waals surface area contributed by atoms with Crippen LogP contribution >= 0.6 is 11.3 Å². The van der Waals surface area contributed by atoms with E-state index in [1.54, 1.807) is 17.1 Å². The molecular weight excluding hydrogens is 499 g/mol. The summed E-state index contributed by atoms with van der Waals surface area (Å²) >= 11 is 1.21. The van der Waals surface area contributed by atoms with Crippen LogP contribution in [0.2, 0.25) is 0 Å². The van der Waals surface area contributed by atoms with Crippen molar-refractivity contribution in [3.05, 3.63) is 52.9 Å². The number of aliphatic hydroxyl groups excluding tert-OH is 1. The minimum absolute atomic E-state index is 0.0794. The molecule has 3 heterocycles. The number of nitrogens with one attached hydrogen (secondary N) is 3. The van der Waals surface area contributed by atoms with Gasteiger partial charge in [0.25, 0.3) is 0 Å². The van der Waals surface area contributed by atoms with Crippen molar-refractivity contribution in [2.24, 2.45) is 0 Å². The minimum Gasteiger partial charge on any atom is -0.394 e. The fraction of sp³-hybridized carbons (Fsp3) is 0.238. The highest BCUT2D eigenvalue weighted by molar-refractivity contribution is 7.15. The van der Waals surface area contributed by atoms with E-state index in [4.69, 9.17) is 5.26 Å². The number of aliphatic hydroxyl groups is 1. The second-order valence-corrected chi connectivity index (χ2v) is 8.42. The third kappa shape index (κ3) is 5.67. The molecular formula is C21H18F3N9O2S. The SMILES string of the molecule is N#Cc1ccc(NC(=O)Nc2ncc(CCNc3ncnc4cnn(CCO)c34)s2)cc1C(F)(F)F. The van der Waals surface area contributed by atoms with Gasteiger partial charge < -0.3 is 15.7 Å². The Kier molecular flexibility index (Phi) is 7.27. The van der Waals surface area contributed by atoms with E-state index in [0.29, 0.717) is 42.4 Å². The zero-order chi connectivity index (χ0) is 25.7. The lowest BCUT2D eigenvalue weighted by Gasteiger charge is -2.11. The molecule has 0 atom stereocenters. The topological polar surface area (TPSA) is 154 Å².